The first kappa shape index (κ1) is 22.2. The molecule has 3 aromatic rings. The van der Waals surface area contributed by atoms with Crippen LogP contribution in [0.2, 0.25) is 0 Å². The predicted octanol–water partition coefficient (Wildman–Crippen LogP) is 1.74. The zero-order chi connectivity index (χ0) is 22.7. The number of nitrogens with one attached hydrogen (secondary N) is 1. The number of amides is 1. The Morgan fingerprint density at radius 3 is 2.44 bits per heavy atom. The highest BCUT2D eigenvalue weighted by Gasteiger charge is 2.34. The molecule has 1 saturated heterocycles. The van der Waals surface area contributed by atoms with Crippen molar-refractivity contribution in [2.24, 2.45) is 0 Å². The molecular weight excluding hydrogens is 428 g/mol. The summed E-state index contributed by atoms with van der Waals surface area (Å²) in [6, 6.07) is 15.9. The number of para-hydroxylation sites is 1. The maximum atomic E-state index is 13.7. The van der Waals surface area contributed by atoms with Crippen LogP contribution in [0.1, 0.15) is 24.4 Å². The predicted molar refractivity (Wildman–Crippen MR) is 123 cm³/mol. The minimum atomic E-state index is -3.07. The lowest BCUT2D eigenvalue weighted by Gasteiger charge is -2.36. The highest BCUT2D eigenvalue weighted by atomic mass is 32.2. The van der Waals surface area contributed by atoms with Crippen molar-refractivity contribution in [3.8, 4) is 0 Å². The molecule has 1 aliphatic heterocycles. The van der Waals surface area contributed by atoms with E-state index in [1.54, 1.807) is 23.1 Å². The number of hydrogen-bond acceptors (Lipinski definition) is 6. The smallest absolute Gasteiger partial charge is 0.258 e. The Kier molecular flexibility index (Phi) is 6.38. The molecule has 0 bridgehead atoms. The van der Waals surface area contributed by atoms with E-state index in [0.29, 0.717) is 36.4 Å². The summed E-state index contributed by atoms with van der Waals surface area (Å²) in [5, 5.41) is 0.502. The molecule has 1 amide bonds. The van der Waals surface area contributed by atoms with Gasteiger partial charge < -0.3 is 9.88 Å². The zero-order valence-electron chi connectivity index (χ0n) is 17.9. The van der Waals surface area contributed by atoms with Crippen LogP contribution in [0.3, 0.4) is 0 Å². The lowest BCUT2D eigenvalue weighted by atomic mass is 10.0. The molecule has 2 aromatic carbocycles. The number of carbonyl (C=O) groups is 1. The number of H-pyrrole nitrogens is 1. The van der Waals surface area contributed by atoms with Crippen LogP contribution in [0, 0.1) is 0 Å². The van der Waals surface area contributed by atoms with Crippen molar-refractivity contribution in [3.05, 3.63) is 76.3 Å². The third-order valence-electron chi connectivity index (χ3n) is 5.79. The van der Waals surface area contributed by atoms with Gasteiger partial charge in [-0.3, -0.25) is 14.5 Å². The summed E-state index contributed by atoms with van der Waals surface area (Å²) in [4.78, 5) is 37.0. The molecule has 8 nitrogen and oxygen atoms in total. The van der Waals surface area contributed by atoms with E-state index in [1.807, 2.05) is 48.2 Å². The zero-order valence-corrected chi connectivity index (χ0v) is 18.7. The van der Waals surface area contributed by atoms with Crippen LogP contribution in [0.5, 0.6) is 0 Å². The maximum Gasteiger partial charge on any atom is 0.258 e. The SMILES string of the molecule is CCN(Cc1nc2ccccc2c(=O)[nH]1)C(=O)C(c1ccccc1)N1CCS(=O)(=O)CC1. The number of benzene rings is 2. The molecule has 168 valence electrons. The summed E-state index contributed by atoms with van der Waals surface area (Å²) in [6.45, 7) is 3.06. The van der Waals surface area contributed by atoms with Crippen molar-refractivity contribution in [1.82, 2.24) is 19.8 Å². The van der Waals surface area contributed by atoms with E-state index in [-0.39, 0.29) is 29.5 Å². The minimum absolute atomic E-state index is 0.0370. The Morgan fingerprint density at radius 1 is 1.09 bits per heavy atom. The van der Waals surface area contributed by atoms with Crippen LogP contribution in [-0.2, 0) is 21.2 Å². The molecule has 9 heteroatoms. The first-order chi connectivity index (χ1) is 15.4. The molecule has 0 spiro atoms. The quantitative estimate of drug-likeness (QED) is 0.609. The second kappa shape index (κ2) is 9.22. The number of nitrogens with zero attached hydrogens (tertiary/aromatic N) is 3. The first-order valence-corrected chi connectivity index (χ1v) is 12.5. The average Bonchev–Trinajstić information content (AvgIpc) is 2.79. The van der Waals surface area contributed by atoms with E-state index in [0.717, 1.165) is 5.56 Å². The fourth-order valence-corrected chi connectivity index (χ4v) is 5.27. The standard InChI is InChI=1S/C23H26N4O4S/c1-2-26(16-20-24-19-11-7-6-10-18(19)22(28)25-20)23(29)21(17-8-4-3-5-9-17)27-12-14-32(30,31)15-13-27/h3-11,21H,2,12-16H2,1H3,(H,24,25,28). The summed E-state index contributed by atoms with van der Waals surface area (Å²) < 4.78 is 23.9. The Morgan fingerprint density at radius 2 is 1.75 bits per heavy atom. The van der Waals surface area contributed by atoms with Gasteiger partial charge >= 0.3 is 0 Å². The molecule has 32 heavy (non-hydrogen) atoms. The van der Waals surface area contributed by atoms with Crippen molar-refractivity contribution < 1.29 is 13.2 Å². The number of hydrogen-bond donors (Lipinski definition) is 1. The molecule has 1 aliphatic rings. The second-order valence-electron chi connectivity index (χ2n) is 7.88. The van der Waals surface area contributed by atoms with Crippen molar-refractivity contribution in [1.29, 1.82) is 0 Å². The van der Waals surface area contributed by atoms with Crippen LogP contribution in [-0.4, -0.2) is 65.2 Å². The molecule has 0 saturated carbocycles. The number of likely N-dealkylation sites (N-methyl/N-ethyl adjacent to an activating group) is 1. The topological polar surface area (TPSA) is 103 Å². The van der Waals surface area contributed by atoms with Crippen molar-refractivity contribution in [2.75, 3.05) is 31.1 Å². The van der Waals surface area contributed by atoms with Crippen LogP contribution >= 0.6 is 0 Å². The van der Waals surface area contributed by atoms with E-state index in [4.69, 9.17) is 0 Å². The van der Waals surface area contributed by atoms with Crippen LogP contribution in [0.25, 0.3) is 10.9 Å². The van der Waals surface area contributed by atoms with Gasteiger partial charge in [0, 0.05) is 19.6 Å². The van der Waals surface area contributed by atoms with Crippen molar-refractivity contribution in [3.63, 3.8) is 0 Å². The number of rotatable bonds is 6. The molecule has 0 radical (unpaired) electrons. The van der Waals surface area contributed by atoms with Crippen LogP contribution in [0.15, 0.2) is 59.4 Å². The number of carbonyl (C=O) groups excluding carboxylic acids is 1. The molecule has 4 rings (SSSR count). The molecule has 1 N–H and O–H groups in total. The summed E-state index contributed by atoms with van der Waals surface area (Å²) in [6.07, 6.45) is 0. The number of sulfone groups is 1. The van der Waals surface area contributed by atoms with Gasteiger partial charge in [-0.15, -0.1) is 0 Å². The number of aromatic amines is 1. The van der Waals surface area contributed by atoms with Crippen LogP contribution in [0.4, 0.5) is 0 Å². The highest BCUT2D eigenvalue weighted by Crippen LogP contribution is 2.26. The average molecular weight is 455 g/mol. The van der Waals surface area contributed by atoms with Gasteiger partial charge in [0.05, 0.1) is 29.0 Å². The summed E-state index contributed by atoms with van der Waals surface area (Å²) >= 11 is 0. The summed E-state index contributed by atoms with van der Waals surface area (Å²) in [5.41, 5.74) is 1.15. The van der Waals surface area contributed by atoms with Crippen molar-refractivity contribution in [2.45, 2.75) is 19.5 Å². The van der Waals surface area contributed by atoms with Gasteiger partial charge in [-0.05, 0) is 24.6 Å². The van der Waals surface area contributed by atoms with E-state index in [1.165, 1.54) is 0 Å². The van der Waals surface area contributed by atoms with E-state index >= 15 is 0 Å². The van der Waals surface area contributed by atoms with Gasteiger partial charge in [-0.2, -0.15) is 0 Å². The van der Waals surface area contributed by atoms with Crippen LogP contribution < -0.4 is 5.56 Å². The van der Waals surface area contributed by atoms with Gasteiger partial charge in [0.2, 0.25) is 5.91 Å². The normalized spacial score (nSPS) is 17.2. The number of aromatic nitrogens is 2. The Labute approximate surface area is 186 Å². The first-order valence-electron chi connectivity index (χ1n) is 10.6. The summed E-state index contributed by atoms with van der Waals surface area (Å²) in [7, 11) is -3.07. The fraction of sp³-hybridized carbons (Fsp3) is 0.348. The monoisotopic (exact) mass is 454 g/mol. The lowest BCUT2D eigenvalue weighted by molar-refractivity contribution is -0.137. The van der Waals surface area contributed by atoms with E-state index in [9.17, 15) is 18.0 Å². The molecule has 1 aromatic heterocycles. The maximum absolute atomic E-state index is 13.7. The molecular formula is C23H26N4O4S. The van der Waals surface area contributed by atoms with Gasteiger partial charge in [0.1, 0.15) is 11.9 Å². The third-order valence-corrected chi connectivity index (χ3v) is 7.40. The lowest BCUT2D eigenvalue weighted by Crippen LogP contribution is -2.48. The molecule has 1 atom stereocenters. The number of fused-ring (bicyclic) bond motifs is 1. The Balaban J connectivity index is 1.64. The highest BCUT2D eigenvalue weighted by molar-refractivity contribution is 7.91. The second-order valence-corrected chi connectivity index (χ2v) is 10.2. The van der Waals surface area contributed by atoms with E-state index < -0.39 is 15.9 Å². The molecule has 0 aliphatic carbocycles. The largest absolute Gasteiger partial charge is 0.334 e. The summed E-state index contributed by atoms with van der Waals surface area (Å²) in [5.74, 6) is 0.343. The fourth-order valence-electron chi connectivity index (χ4n) is 4.04. The third kappa shape index (κ3) is 4.73. The van der Waals surface area contributed by atoms with Gasteiger partial charge in [-0.1, -0.05) is 42.5 Å². The minimum Gasteiger partial charge on any atom is -0.334 e. The molecule has 1 unspecified atom stereocenters. The van der Waals surface area contributed by atoms with Gasteiger partial charge in [0.25, 0.3) is 5.56 Å². The van der Waals surface area contributed by atoms with Crippen molar-refractivity contribution >= 4 is 26.6 Å². The molecule has 1 fully saturated rings. The van der Waals surface area contributed by atoms with Gasteiger partial charge in [-0.25, -0.2) is 13.4 Å². The Bertz CT molecular complexity index is 1260. The van der Waals surface area contributed by atoms with E-state index in [2.05, 4.69) is 9.97 Å². The molecule has 2 heterocycles. The Hall–Kier alpha value is -3.04. The van der Waals surface area contributed by atoms with Gasteiger partial charge in [0.15, 0.2) is 9.84 Å².